The number of nitrogens with zero attached hydrogens (tertiary/aromatic N) is 2. The van der Waals surface area contributed by atoms with Crippen molar-refractivity contribution in [2.45, 2.75) is 12.5 Å². The molecular weight excluding hydrogens is 268 g/mol. The lowest BCUT2D eigenvalue weighted by Gasteiger charge is -2.22. The number of hydrogen-bond acceptors (Lipinski definition) is 4. The number of nitrogens with one attached hydrogen (secondary N) is 2. The highest BCUT2D eigenvalue weighted by Crippen LogP contribution is 2.26. The van der Waals surface area contributed by atoms with E-state index in [0.717, 1.165) is 11.3 Å². The highest BCUT2D eigenvalue weighted by Gasteiger charge is 2.42. The zero-order valence-corrected chi connectivity index (χ0v) is 12.9. The first kappa shape index (κ1) is 15.3. The van der Waals surface area contributed by atoms with Crippen LogP contribution in [0.3, 0.4) is 0 Å². The second kappa shape index (κ2) is 6.13. The maximum atomic E-state index is 12.3. The zero-order chi connectivity index (χ0) is 15.5. The first-order valence-corrected chi connectivity index (χ1v) is 6.88. The Morgan fingerprint density at radius 2 is 1.95 bits per heavy atom. The Hall–Kier alpha value is -2.08. The molecule has 0 saturated carbocycles. The Bertz CT molecular complexity index is 539. The standard InChI is InChI=1S/C15H22N4O2/c1-15(11-5-7-12(8-6-11)19(2)3)13(20)17-14(18-15)16-9-10-21-4/h5-8H,9-10H2,1-4H3,(H2,16,17,18,20). The van der Waals surface area contributed by atoms with Gasteiger partial charge in [0.25, 0.3) is 5.91 Å². The Balaban J connectivity index is 2.18. The third-order valence-electron chi connectivity index (χ3n) is 3.58. The minimum atomic E-state index is -0.795. The quantitative estimate of drug-likeness (QED) is 0.783. The molecule has 1 aliphatic rings. The number of ether oxygens (including phenoxy) is 1. The van der Waals surface area contributed by atoms with Crippen LogP contribution in [0.15, 0.2) is 29.3 Å². The molecule has 1 amide bonds. The molecule has 1 aliphatic heterocycles. The van der Waals surface area contributed by atoms with Gasteiger partial charge in [-0.3, -0.25) is 15.1 Å². The van der Waals surface area contributed by atoms with Crippen molar-refractivity contribution in [3.63, 3.8) is 0 Å². The fourth-order valence-corrected chi connectivity index (χ4v) is 2.18. The average molecular weight is 290 g/mol. The molecule has 1 heterocycles. The summed E-state index contributed by atoms with van der Waals surface area (Å²) in [6, 6.07) is 7.91. The molecule has 0 spiro atoms. The number of aliphatic imine (C=N–C) groups is 1. The molecule has 1 atom stereocenters. The molecule has 0 aromatic heterocycles. The number of rotatable bonds is 5. The van der Waals surface area contributed by atoms with E-state index < -0.39 is 5.54 Å². The Morgan fingerprint density at radius 1 is 1.29 bits per heavy atom. The Labute approximate surface area is 125 Å². The molecule has 1 aromatic carbocycles. The van der Waals surface area contributed by atoms with Crippen molar-refractivity contribution in [1.82, 2.24) is 10.6 Å². The van der Waals surface area contributed by atoms with Gasteiger partial charge < -0.3 is 15.0 Å². The van der Waals surface area contributed by atoms with Gasteiger partial charge in [0.2, 0.25) is 0 Å². The van der Waals surface area contributed by atoms with Crippen LogP contribution in [0.2, 0.25) is 0 Å². The lowest BCUT2D eigenvalue weighted by molar-refractivity contribution is -0.123. The smallest absolute Gasteiger partial charge is 0.256 e. The van der Waals surface area contributed by atoms with Crippen molar-refractivity contribution in [3.05, 3.63) is 29.8 Å². The van der Waals surface area contributed by atoms with Gasteiger partial charge in [0, 0.05) is 26.9 Å². The second-order valence-corrected chi connectivity index (χ2v) is 5.37. The first-order valence-electron chi connectivity index (χ1n) is 6.88. The summed E-state index contributed by atoms with van der Waals surface area (Å²) < 4.78 is 4.95. The van der Waals surface area contributed by atoms with Crippen LogP contribution in [-0.4, -0.2) is 46.2 Å². The zero-order valence-electron chi connectivity index (χ0n) is 12.9. The highest BCUT2D eigenvalue weighted by atomic mass is 16.5. The number of carbonyl (C=O) groups excluding carboxylic acids is 1. The fraction of sp³-hybridized carbons (Fsp3) is 0.467. The van der Waals surface area contributed by atoms with E-state index in [1.165, 1.54) is 0 Å². The molecule has 6 heteroatoms. The summed E-state index contributed by atoms with van der Waals surface area (Å²) >= 11 is 0. The minimum Gasteiger partial charge on any atom is -0.383 e. The molecule has 0 aliphatic carbocycles. The van der Waals surface area contributed by atoms with Gasteiger partial charge in [0.15, 0.2) is 5.96 Å². The van der Waals surface area contributed by atoms with Gasteiger partial charge in [-0.15, -0.1) is 0 Å². The van der Waals surface area contributed by atoms with Crippen molar-refractivity contribution in [1.29, 1.82) is 0 Å². The summed E-state index contributed by atoms with van der Waals surface area (Å²) in [7, 11) is 5.59. The van der Waals surface area contributed by atoms with Crippen LogP contribution in [0.1, 0.15) is 12.5 Å². The molecule has 2 rings (SSSR count). The van der Waals surface area contributed by atoms with Crippen molar-refractivity contribution in [3.8, 4) is 0 Å². The van der Waals surface area contributed by atoms with Gasteiger partial charge in [-0.25, -0.2) is 0 Å². The number of benzene rings is 1. The molecular formula is C15H22N4O2. The molecule has 6 nitrogen and oxygen atoms in total. The van der Waals surface area contributed by atoms with E-state index in [1.54, 1.807) is 7.11 Å². The van der Waals surface area contributed by atoms with Gasteiger partial charge >= 0.3 is 0 Å². The lowest BCUT2D eigenvalue weighted by atomic mass is 9.92. The summed E-state index contributed by atoms with van der Waals surface area (Å²) in [6.45, 7) is 2.88. The Morgan fingerprint density at radius 3 is 2.52 bits per heavy atom. The van der Waals surface area contributed by atoms with Crippen LogP contribution in [0.4, 0.5) is 5.69 Å². The monoisotopic (exact) mass is 290 g/mol. The number of methoxy groups -OCH3 is 1. The van der Waals surface area contributed by atoms with Crippen LogP contribution in [-0.2, 0) is 15.1 Å². The lowest BCUT2D eigenvalue weighted by Crippen LogP contribution is -2.40. The summed E-state index contributed by atoms with van der Waals surface area (Å²) in [5.41, 5.74) is 1.20. The van der Waals surface area contributed by atoms with E-state index in [-0.39, 0.29) is 5.91 Å². The van der Waals surface area contributed by atoms with E-state index in [1.807, 2.05) is 50.2 Å². The van der Waals surface area contributed by atoms with Gasteiger partial charge in [-0.1, -0.05) is 12.1 Å². The van der Waals surface area contributed by atoms with E-state index in [2.05, 4.69) is 15.6 Å². The van der Waals surface area contributed by atoms with Gasteiger partial charge in [-0.2, -0.15) is 0 Å². The maximum absolute atomic E-state index is 12.3. The SMILES string of the molecule is COCCN=C1NC(=O)C(C)(c2ccc(N(C)C)cc2)N1. The normalized spacial score (nSPS) is 23.0. The molecule has 1 aromatic rings. The fourth-order valence-electron chi connectivity index (χ4n) is 2.18. The van der Waals surface area contributed by atoms with Crippen molar-refractivity contribution in [2.75, 3.05) is 39.3 Å². The van der Waals surface area contributed by atoms with E-state index in [9.17, 15) is 4.79 Å². The third kappa shape index (κ3) is 3.16. The maximum Gasteiger partial charge on any atom is 0.256 e. The van der Waals surface area contributed by atoms with Crippen LogP contribution < -0.4 is 15.5 Å². The highest BCUT2D eigenvalue weighted by molar-refractivity contribution is 6.09. The predicted octanol–water partition coefficient (Wildman–Crippen LogP) is 0.690. The Kier molecular flexibility index (Phi) is 4.47. The van der Waals surface area contributed by atoms with Gasteiger partial charge in [0.1, 0.15) is 5.54 Å². The molecule has 0 radical (unpaired) electrons. The van der Waals surface area contributed by atoms with Crippen molar-refractivity contribution < 1.29 is 9.53 Å². The molecule has 1 unspecified atom stereocenters. The summed E-state index contributed by atoms with van der Waals surface area (Å²) in [5.74, 6) is 0.396. The van der Waals surface area contributed by atoms with Crippen LogP contribution >= 0.6 is 0 Å². The molecule has 21 heavy (non-hydrogen) atoms. The van der Waals surface area contributed by atoms with E-state index in [4.69, 9.17) is 4.74 Å². The summed E-state index contributed by atoms with van der Waals surface area (Å²) in [6.07, 6.45) is 0. The van der Waals surface area contributed by atoms with Crippen LogP contribution in [0.25, 0.3) is 0 Å². The van der Waals surface area contributed by atoms with Crippen LogP contribution in [0.5, 0.6) is 0 Å². The number of anilines is 1. The minimum absolute atomic E-state index is 0.101. The molecule has 1 saturated heterocycles. The van der Waals surface area contributed by atoms with Crippen molar-refractivity contribution in [2.24, 2.45) is 4.99 Å². The number of guanidine groups is 1. The van der Waals surface area contributed by atoms with E-state index >= 15 is 0 Å². The summed E-state index contributed by atoms with van der Waals surface area (Å²) in [5, 5.41) is 5.93. The number of carbonyl (C=O) groups is 1. The molecule has 114 valence electrons. The summed E-state index contributed by atoms with van der Waals surface area (Å²) in [4.78, 5) is 18.6. The third-order valence-corrected chi connectivity index (χ3v) is 3.58. The van der Waals surface area contributed by atoms with E-state index in [0.29, 0.717) is 19.1 Å². The topological polar surface area (TPSA) is 66.0 Å². The molecule has 2 N–H and O–H groups in total. The predicted molar refractivity (Wildman–Crippen MR) is 83.6 cm³/mol. The number of hydrogen-bond donors (Lipinski definition) is 2. The second-order valence-electron chi connectivity index (χ2n) is 5.37. The molecule has 0 bridgehead atoms. The van der Waals surface area contributed by atoms with Gasteiger partial charge in [-0.05, 0) is 24.6 Å². The van der Waals surface area contributed by atoms with Gasteiger partial charge in [0.05, 0.1) is 13.2 Å². The van der Waals surface area contributed by atoms with Crippen molar-refractivity contribution >= 4 is 17.6 Å². The number of amides is 1. The first-order chi connectivity index (χ1) is 9.97. The largest absolute Gasteiger partial charge is 0.383 e. The van der Waals surface area contributed by atoms with Crippen LogP contribution in [0, 0.1) is 0 Å². The molecule has 1 fully saturated rings. The average Bonchev–Trinajstić information content (AvgIpc) is 2.75.